The third-order valence-electron chi connectivity index (χ3n) is 7.55. The third-order valence-corrected chi connectivity index (χ3v) is 7.55. The van der Waals surface area contributed by atoms with Gasteiger partial charge in [0.1, 0.15) is 24.1 Å². The van der Waals surface area contributed by atoms with Crippen LogP contribution in [0.4, 0.5) is 13.2 Å². The van der Waals surface area contributed by atoms with Gasteiger partial charge in [-0.3, -0.25) is 9.59 Å². The van der Waals surface area contributed by atoms with Crippen molar-refractivity contribution in [2.75, 3.05) is 19.8 Å². The first-order valence-electron chi connectivity index (χ1n) is 14.3. The molecule has 224 valence electrons. The second-order valence-electron chi connectivity index (χ2n) is 10.7. The second-order valence-corrected chi connectivity index (χ2v) is 10.7. The molecule has 3 N–H and O–H groups in total. The topological polar surface area (TPSA) is 90.7 Å². The predicted octanol–water partition coefficient (Wildman–Crippen LogP) is 5.01. The Kier molecular flexibility index (Phi) is 11.3. The zero-order chi connectivity index (χ0) is 30.1. The largest absolute Gasteiger partial charge is 0.464 e. The molecule has 0 amide bonds. The van der Waals surface area contributed by atoms with Crippen LogP contribution in [0.25, 0.3) is 0 Å². The number of ether oxygens (including phenoxy) is 2. The Morgan fingerprint density at radius 2 is 1.64 bits per heavy atom. The van der Waals surface area contributed by atoms with Crippen LogP contribution in [0.15, 0.2) is 66.7 Å². The third kappa shape index (κ3) is 8.50. The molecule has 4 rings (SSSR count). The first kappa shape index (κ1) is 31.4. The molecule has 6 nitrogen and oxygen atoms in total. The van der Waals surface area contributed by atoms with E-state index < -0.39 is 29.4 Å². The van der Waals surface area contributed by atoms with Gasteiger partial charge >= 0.3 is 5.97 Å². The van der Waals surface area contributed by atoms with Crippen LogP contribution in [0.2, 0.25) is 0 Å². The van der Waals surface area contributed by atoms with E-state index in [1.54, 1.807) is 36.4 Å². The number of morpholine rings is 1. The number of nitrogens with one attached hydrogen (secondary N) is 1. The van der Waals surface area contributed by atoms with E-state index in [-0.39, 0.29) is 36.9 Å². The second kappa shape index (κ2) is 15.1. The van der Waals surface area contributed by atoms with Crippen molar-refractivity contribution in [1.29, 1.82) is 0 Å². The molecule has 0 aromatic heterocycles. The SMILES string of the molecule is CCCC(=O)OC[C@@H]1CO[C@H](CCc2c(F)cccc2CC(=O)[C@@H](N)C(c2ccc(F)cc2)c2ccc(F)cc2)CN1. The maximum absolute atomic E-state index is 15.0. The molecule has 3 aromatic rings. The Morgan fingerprint density at radius 3 is 2.21 bits per heavy atom. The van der Waals surface area contributed by atoms with E-state index in [1.165, 1.54) is 30.3 Å². The Balaban J connectivity index is 1.41. The normalized spacial score (nSPS) is 17.7. The first-order valence-corrected chi connectivity index (χ1v) is 14.3. The maximum Gasteiger partial charge on any atom is 0.305 e. The van der Waals surface area contributed by atoms with Crippen LogP contribution in [0.5, 0.6) is 0 Å². The Hall–Kier alpha value is -3.53. The summed E-state index contributed by atoms with van der Waals surface area (Å²) in [4.78, 5) is 25.1. The summed E-state index contributed by atoms with van der Waals surface area (Å²) in [5, 5.41) is 3.32. The van der Waals surface area contributed by atoms with Crippen LogP contribution in [-0.4, -0.2) is 49.7 Å². The minimum absolute atomic E-state index is 0.0951. The van der Waals surface area contributed by atoms with E-state index in [0.29, 0.717) is 54.7 Å². The van der Waals surface area contributed by atoms with Crippen molar-refractivity contribution in [3.05, 3.63) is 106 Å². The van der Waals surface area contributed by atoms with Crippen LogP contribution >= 0.6 is 0 Å². The van der Waals surface area contributed by atoms with E-state index in [1.807, 2.05) is 6.92 Å². The number of halogens is 3. The standard InChI is InChI=1S/C33H37F3N2O4/c1-2-4-31(40)42-20-26-19-41-27(18-38-26)15-16-28-23(5-3-6-29(28)36)17-30(39)33(37)32(21-7-11-24(34)12-8-21)22-9-13-25(35)14-10-22/h3,5-14,26-27,32-33,38H,2,4,15-20,37H2,1H3/t26-,27+,33+/m0/s1. The van der Waals surface area contributed by atoms with Gasteiger partial charge in [-0.1, -0.05) is 43.3 Å². The highest BCUT2D eigenvalue weighted by Gasteiger charge is 2.29. The van der Waals surface area contributed by atoms with Gasteiger partial charge in [0.05, 0.1) is 24.8 Å². The fraction of sp³-hybridized carbons (Fsp3) is 0.394. The van der Waals surface area contributed by atoms with Crippen molar-refractivity contribution in [3.63, 3.8) is 0 Å². The number of esters is 1. The van der Waals surface area contributed by atoms with Crippen molar-refractivity contribution in [1.82, 2.24) is 5.32 Å². The van der Waals surface area contributed by atoms with Crippen LogP contribution in [0.3, 0.4) is 0 Å². The molecule has 0 unspecified atom stereocenters. The van der Waals surface area contributed by atoms with Gasteiger partial charge in [0.15, 0.2) is 5.78 Å². The lowest BCUT2D eigenvalue weighted by atomic mass is 9.82. The maximum atomic E-state index is 15.0. The minimum atomic E-state index is -1.04. The lowest BCUT2D eigenvalue weighted by Gasteiger charge is -2.30. The molecular formula is C33H37F3N2O4. The predicted molar refractivity (Wildman–Crippen MR) is 153 cm³/mol. The number of nitrogens with two attached hydrogens (primary N) is 1. The molecule has 0 radical (unpaired) electrons. The molecule has 0 bridgehead atoms. The van der Waals surface area contributed by atoms with E-state index in [9.17, 15) is 18.4 Å². The summed E-state index contributed by atoms with van der Waals surface area (Å²) >= 11 is 0. The molecule has 1 heterocycles. The lowest BCUT2D eigenvalue weighted by Crippen LogP contribution is -2.49. The molecule has 9 heteroatoms. The van der Waals surface area contributed by atoms with Crippen molar-refractivity contribution < 1.29 is 32.2 Å². The summed E-state index contributed by atoms with van der Waals surface area (Å²) in [6.45, 7) is 3.05. The first-order chi connectivity index (χ1) is 20.2. The summed E-state index contributed by atoms with van der Waals surface area (Å²) < 4.78 is 53.5. The van der Waals surface area contributed by atoms with Gasteiger partial charge < -0.3 is 20.5 Å². The number of rotatable bonds is 13. The van der Waals surface area contributed by atoms with Crippen LogP contribution in [-0.2, 0) is 31.9 Å². The molecule has 1 aliphatic rings. The Labute approximate surface area is 244 Å². The minimum Gasteiger partial charge on any atom is -0.464 e. The summed E-state index contributed by atoms with van der Waals surface area (Å²) in [5.41, 5.74) is 8.71. The number of ketones is 1. The number of hydrogen-bond donors (Lipinski definition) is 2. The quantitative estimate of drug-likeness (QED) is 0.276. The molecule has 42 heavy (non-hydrogen) atoms. The van der Waals surface area contributed by atoms with Crippen LogP contribution in [0, 0.1) is 17.5 Å². The van der Waals surface area contributed by atoms with Gasteiger partial charge in [-0.2, -0.15) is 0 Å². The summed E-state index contributed by atoms with van der Waals surface area (Å²) in [6, 6.07) is 14.9. The van der Waals surface area contributed by atoms with Gasteiger partial charge in [0, 0.05) is 25.3 Å². The van der Waals surface area contributed by atoms with Crippen molar-refractivity contribution in [2.45, 2.75) is 63.1 Å². The highest BCUT2D eigenvalue weighted by atomic mass is 19.1. The molecule has 0 aliphatic carbocycles. The summed E-state index contributed by atoms with van der Waals surface area (Å²) in [6.07, 6.45) is 1.73. The molecular weight excluding hydrogens is 545 g/mol. The van der Waals surface area contributed by atoms with Crippen molar-refractivity contribution in [3.8, 4) is 0 Å². The highest BCUT2D eigenvalue weighted by Crippen LogP contribution is 2.29. The molecule has 1 saturated heterocycles. The van der Waals surface area contributed by atoms with E-state index in [2.05, 4.69) is 5.32 Å². The average Bonchev–Trinajstić information content (AvgIpc) is 2.98. The summed E-state index contributed by atoms with van der Waals surface area (Å²) in [5.74, 6) is -2.47. The molecule has 3 atom stereocenters. The number of benzene rings is 3. The Morgan fingerprint density at radius 1 is 1.00 bits per heavy atom. The molecule has 1 fully saturated rings. The zero-order valence-electron chi connectivity index (χ0n) is 23.7. The van der Waals surface area contributed by atoms with Gasteiger partial charge in [0.2, 0.25) is 0 Å². The Bertz CT molecular complexity index is 1280. The number of hydrogen-bond acceptors (Lipinski definition) is 6. The van der Waals surface area contributed by atoms with Crippen molar-refractivity contribution in [2.24, 2.45) is 5.73 Å². The number of carbonyl (C=O) groups is 2. The van der Waals surface area contributed by atoms with E-state index in [4.69, 9.17) is 15.2 Å². The van der Waals surface area contributed by atoms with E-state index >= 15 is 4.39 Å². The average molecular weight is 583 g/mol. The van der Waals surface area contributed by atoms with Crippen molar-refractivity contribution >= 4 is 11.8 Å². The molecule has 3 aromatic carbocycles. The fourth-order valence-electron chi connectivity index (χ4n) is 5.22. The highest BCUT2D eigenvalue weighted by molar-refractivity contribution is 5.87. The van der Waals surface area contributed by atoms with Gasteiger partial charge in [-0.15, -0.1) is 0 Å². The van der Waals surface area contributed by atoms with Crippen LogP contribution in [0.1, 0.15) is 54.4 Å². The van der Waals surface area contributed by atoms with E-state index in [0.717, 1.165) is 6.42 Å². The zero-order valence-corrected chi connectivity index (χ0v) is 23.7. The van der Waals surface area contributed by atoms with Crippen LogP contribution < -0.4 is 11.1 Å². The number of carbonyl (C=O) groups excluding carboxylic acids is 2. The molecule has 0 spiro atoms. The molecule has 1 aliphatic heterocycles. The van der Waals surface area contributed by atoms with Gasteiger partial charge in [0.25, 0.3) is 0 Å². The van der Waals surface area contributed by atoms with Gasteiger partial charge in [-0.25, -0.2) is 13.2 Å². The molecule has 0 saturated carbocycles. The van der Waals surface area contributed by atoms with Gasteiger partial charge in [-0.05, 0) is 71.8 Å². The number of Topliss-reactive ketones (excluding diaryl/α,β-unsaturated/α-hetero) is 1. The monoisotopic (exact) mass is 582 g/mol. The summed E-state index contributed by atoms with van der Waals surface area (Å²) in [7, 11) is 0. The smallest absolute Gasteiger partial charge is 0.305 e. The fourth-order valence-corrected chi connectivity index (χ4v) is 5.22. The lowest BCUT2D eigenvalue weighted by molar-refractivity contribution is -0.145.